The molecule has 0 radical (unpaired) electrons. The van der Waals surface area contributed by atoms with Gasteiger partial charge in [-0.3, -0.25) is 14.5 Å². The second kappa shape index (κ2) is 9.32. The number of aliphatic hydroxyl groups is 1. The third-order valence-electron chi connectivity index (χ3n) is 6.37. The Morgan fingerprint density at radius 2 is 1.88 bits per heavy atom. The van der Waals surface area contributed by atoms with Crippen LogP contribution in [0.2, 0.25) is 0 Å². The van der Waals surface area contributed by atoms with E-state index in [2.05, 4.69) is 4.90 Å². The number of aliphatic hydroxyl groups excluding tert-OH is 1. The number of ketones is 1. The average molecular weight is 463 g/mol. The molecule has 1 aromatic heterocycles. The van der Waals surface area contributed by atoms with Gasteiger partial charge in [0.15, 0.2) is 11.5 Å². The summed E-state index contributed by atoms with van der Waals surface area (Å²) in [6.07, 6.45) is 0. The number of methoxy groups -OCH3 is 1. The molecule has 5 rings (SSSR count). The summed E-state index contributed by atoms with van der Waals surface area (Å²) in [7, 11) is 1.56. The Kier molecular flexibility index (Phi) is 6.08. The molecular weight excluding hydrogens is 436 g/mol. The Morgan fingerprint density at radius 1 is 1.09 bits per heavy atom. The van der Waals surface area contributed by atoms with E-state index < -0.39 is 23.5 Å². The smallest absolute Gasteiger partial charge is 0.290 e. The molecule has 176 valence electrons. The number of benzene rings is 2. The van der Waals surface area contributed by atoms with E-state index in [-0.39, 0.29) is 11.3 Å². The molecule has 3 heterocycles. The number of Topliss-reactive ketones (excluding diaryl/α,β-unsaturated/α-hetero) is 1. The molecule has 1 fully saturated rings. The van der Waals surface area contributed by atoms with Crippen LogP contribution in [0.25, 0.3) is 11.0 Å². The van der Waals surface area contributed by atoms with E-state index in [1.807, 2.05) is 24.3 Å². The number of hydrogen-bond acceptors (Lipinski definition) is 7. The Bertz CT molecular complexity index is 1220. The SMILES string of the molecule is COc1cccc([C@H]2C(C(=O)c3cc4ccccc4o3)=C(O)C(=O)N2CCN2CCOCC2)c1. The van der Waals surface area contributed by atoms with Gasteiger partial charge in [-0.25, -0.2) is 0 Å². The zero-order chi connectivity index (χ0) is 23.7. The number of carbonyl (C=O) groups is 2. The predicted molar refractivity (Wildman–Crippen MR) is 125 cm³/mol. The summed E-state index contributed by atoms with van der Waals surface area (Å²) in [6, 6.07) is 15.4. The summed E-state index contributed by atoms with van der Waals surface area (Å²) in [5, 5.41) is 11.7. The first kappa shape index (κ1) is 22.2. The molecule has 8 nitrogen and oxygen atoms in total. The number of furan rings is 1. The number of ether oxygens (including phenoxy) is 2. The number of rotatable bonds is 7. The van der Waals surface area contributed by atoms with Crippen molar-refractivity contribution in [2.45, 2.75) is 6.04 Å². The molecule has 0 saturated carbocycles. The van der Waals surface area contributed by atoms with Gasteiger partial charge in [0.05, 0.1) is 31.9 Å². The van der Waals surface area contributed by atoms with Gasteiger partial charge < -0.3 is 23.9 Å². The highest BCUT2D eigenvalue weighted by Gasteiger charge is 2.44. The third-order valence-corrected chi connectivity index (χ3v) is 6.37. The van der Waals surface area contributed by atoms with Crippen molar-refractivity contribution < 1.29 is 28.6 Å². The number of amides is 1. The molecule has 1 amide bonds. The molecule has 8 heteroatoms. The largest absolute Gasteiger partial charge is 0.503 e. The van der Waals surface area contributed by atoms with E-state index >= 15 is 0 Å². The predicted octanol–water partition coefficient (Wildman–Crippen LogP) is 3.35. The summed E-state index contributed by atoms with van der Waals surface area (Å²) in [5.41, 5.74) is 1.26. The molecule has 1 atom stereocenters. The van der Waals surface area contributed by atoms with E-state index in [1.54, 1.807) is 42.3 Å². The number of morpholine rings is 1. The maximum atomic E-state index is 13.6. The molecule has 3 aromatic rings. The van der Waals surface area contributed by atoms with Crippen LogP contribution >= 0.6 is 0 Å². The Morgan fingerprint density at radius 3 is 2.65 bits per heavy atom. The lowest BCUT2D eigenvalue weighted by Gasteiger charge is -2.31. The molecule has 0 unspecified atom stereocenters. The quantitative estimate of drug-likeness (QED) is 0.539. The second-order valence-electron chi connectivity index (χ2n) is 8.37. The van der Waals surface area contributed by atoms with E-state index in [0.29, 0.717) is 43.2 Å². The maximum absolute atomic E-state index is 13.6. The van der Waals surface area contributed by atoms with Crippen molar-refractivity contribution in [2.75, 3.05) is 46.5 Å². The second-order valence-corrected chi connectivity index (χ2v) is 8.37. The van der Waals surface area contributed by atoms with Gasteiger partial charge in [-0.1, -0.05) is 30.3 Å². The summed E-state index contributed by atoms with van der Waals surface area (Å²) in [5.74, 6) is -0.942. The number of carbonyl (C=O) groups excluding carboxylic acids is 2. The fourth-order valence-corrected chi connectivity index (χ4v) is 4.57. The minimum atomic E-state index is -0.760. The minimum absolute atomic E-state index is 0.0132. The summed E-state index contributed by atoms with van der Waals surface area (Å²) in [4.78, 5) is 30.6. The van der Waals surface area contributed by atoms with Crippen LogP contribution < -0.4 is 4.74 Å². The fourth-order valence-electron chi connectivity index (χ4n) is 4.57. The summed E-state index contributed by atoms with van der Waals surface area (Å²) in [6.45, 7) is 3.79. The highest BCUT2D eigenvalue weighted by Crippen LogP contribution is 2.40. The number of para-hydroxylation sites is 1. The van der Waals surface area contributed by atoms with Crippen molar-refractivity contribution in [1.82, 2.24) is 9.80 Å². The van der Waals surface area contributed by atoms with Gasteiger partial charge in [0, 0.05) is 31.6 Å². The van der Waals surface area contributed by atoms with Gasteiger partial charge >= 0.3 is 0 Å². The standard InChI is InChI=1S/C26H26N2O6/c1-32-19-7-4-6-18(15-19)23-22(24(29)21-16-17-5-2-3-8-20(17)34-21)25(30)26(31)28(23)10-9-27-11-13-33-14-12-27/h2-8,15-16,23,30H,9-14H2,1H3/t23-/m0/s1. The first-order chi connectivity index (χ1) is 16.6. The van der Waals surface area contributed by atoms with Gasteiger partial charge in [-0.05, 0) is 29.8 Å². The van der Waals surface area contributed by atoms with Gasteiger partial charge in [0.2, 0.25) is 5.78 Å². The number of fused-ring (bicyclic) bond motifs is 1. The molecule has 1 N–H and O–H groups in total. The van der Waals surface area contributed by atoms with Crippen LogP contribution in [0.1, 0.15) is 22.2 Å². The van der Waals surface area contributed by atoms with Crippen LogP contribution in [-0.2, 0) is 9.53 Å². The van der Waals surface area contributed by atoms with Gasteiger partial charge in [-0.2, -0.15) is 0 Å². The average Bonchev–Trinajstić information content (AvgIpc) is 3.42. The van der Waals surface area contributed by atoms with Crippen molar-refractivity contribution in [2.24, 2.45) is 0 Å². The van der Waals surface area contributed by atoms with Gasteiger partial charge in [0.1, 0.15) is 11.3 Å². The summed E-state index contributed by atoms with van der Waals surface area (Å²) < 4.78 is 16.6. The molecule has 0 bridgehead atoms. The Balaban J connectivity index is 1.52. The van der Waals surface area contributed by atoms with E-state index in [1.165, 1.54) is 0 Å². The topological polar surface area (TPSA) is 92.5 Å². The Labute approximate surface area is 197 Å². The number of nitrogens with zero attached hydrogens (tertiary/aromatic N) is 2. The van der Waals surface area contributed by atoms with Crippen molar-refractivity contribution in [3.05, 3.63) is 77.3 Å². The summed E-state index contributed by atoms with van der Waals surface area (Å²) >= 11 is 0. The zero-order valence-electron chi connectivity index (χ0n) is 18.9. The van der Waals surface area contributed by atoms with Crippen LogP contribution in [0.3, 0.4) is 0 Å². The highest BCUT2D eigenvalue weighted by molar-refractivity contribution is 6.16. The van der Waals surface area contributed by atoms with Crippen LogP contribution in [0.4, 0.5) is 0 Å². The van der Waals surface area contributed by atoms with E-state index in [4.69, 9.17) is 13.9 Å². The molecular formula is C26H26N2O6. The van der Waals surface area contributed by atoms with Crippen LogP contribution in [0.15, 0.2) is 70.3 Å². The third kappa shape index (κ3) is 4.06. The first-order valence-electron chi connectivity index (χ1n) is 11.3. The first-order valence-corrected chi connectivity index (χ1v) is 11.3. The molecule has 0 spiro atoms. The number of hydrogen-bond donors (Lipinski definition) is 1. The molecule has 0 aliphatic carbocycles. The van der Waals surface area contributed by atoms with Crippen molar-refractivity contribution in [1.29, 1.82) is 0 Å². The Hall–Kier alpha value is -3.62. The normalized spacial score (nSPS) is 19.3. The van der Waals surface area contributed by atoms with Gasteiger partial charge in [-0.15, -0.1) is 0 Å². The minimum Gasteiger partial charge on any atom is -0.503 e. The van der Waals surface area contributed by atoms with Gasteiger partial charge in [0.25, 0.3) is 5.91 Å². The zero-order valence-corrected chi connectivity index (χ0v) is 18.9. The maximum Gasteiger partial charge on any atom is 0.290 e. The molecule has 1 saturated heterocycles. The fraction of sp³-hybridized carbons (Fsp3) is 0.308. The van der Waals surface area contributed by atoms with Crippen LogP contribution in [0.5, 0.6) is 5.75 Å². The molecule has 2 aromatic carbocycles. The molecule has 2 aliphatic rings. The lowest BCUT2D eigenvalue weighted by atomic mass is 9.95. The monoisotopic (exact) mass is 462 g/mol. The van der Waals surface area contributed by atoms with Crippen molar-refractivity contribution >= 4 is 22.7 Å². The van der Waals surface area contributed by atoms with Crippen molar-refractivity contribution in [3.63, 3.8) is 0 Å². The van der Waals surface area contributed by atoms with Crippen molar-refractivity contribution in [3.8, 4) is 5.75 Å². The highest BCUT2D eigenvalue weighted by atomic mass is 16.5. The van der Waals surface area contributed by atoms with E-state index in [9.17, 15) is 14.7 Å². The molecule has 34 heavy (non-hydrogen) atoms. The molecule has 2 aliphatic heterocycles. The lowest BCUT2D eigenvalue weighted by molar-refractivity contribution is -0.129. The van der Waals surface area contributed by atoms with E-state index in [0.717, 1.165) is 18.5 Å². The van der Waals surface area contributed by atoms with Crippen LogP contribution in [-0.4, -0.2) is 73.1 Å². The lowest BCUT2D eigenvalue weighted by Crippen LogP contribution is -2.43. The van der Waals surface area contributed by atoms with Crippen LogP contribution in [0, 0.1) is 0 Å².